The fourth-order valence-electron chi connectivity index (χ4n) is 1.77. The summed E-state index contributed by atoms with van der Waals surface area (Å²) in [6.07, 6.45) is 2.90. The van der Waals surface area contributed by atoms with Crippen LogP contribution in [-0.2, 0) is 9.53 Å². The van der Waals surface area contributed by atoms with E-state index in [4.69, 9.17) is 0 Å². The number of carbonyl (C=O) groups is 2. The van der Waals surface area contributed by atoms with Gasteiger partial charge in [-0.2, -0.15) is 0 Å². The van der Waals surface area contributed by atoms with Crippen molar-refractivity contribution in [1.29, 1.82) is 0 Å². The molecular weight excluding hydrogens is 285 g/mol. The molecule has 0 heterocycles. The fraction of sp³-hybridized carbons (Fsp3) is 0.0588. The van der Waals surface area contributed by atoms with Gasteiger partial charge in [-0.3, -0.25) is 4.79 Å². The summed E-state index contributed by atoms with van der Waals surface area (Å²) in [6, 6.07) is 12.2. The second-order valence-electron chi connectivity index (χ2n) is 4.45. The lowest BCUT2D eigenvalue weighted by Crippen LogP contribution is -2.09. The standard InChI is InChI=1S/C17H14FNO3/c1-22-17(21)13-3-2-4-15(11-13)19-16(20)10-7-12-5-8-14(18)9-6-12/h2-11H,1H3,(H,19,20). The second kappa shape index (κ2) is 7.17. The van der Waals surface area contributed by atoms with Crippen molar-refractivity contribution in [3.8, 4) is 0 Å². The molecule has 22 heavy (non-hydrogen) atoms. The highest BCUT2D eigenvalue weighted by molar-refractivity contribution is 6.02. The average Bonchev–Trinajstić information content (AvgIpc) is 2.54. The molecule has 1 amide bonds. The van der Waals surface area contributed by atoms with Crippen LogP contribution in [0.15, 0.2) is 54.6 Å². The summed E-state index contributed by atoms with van der Waals surface area (Å²) < 4.78 is 17.4. The van der Waals surface area contributed by atoms with Gasteiger partial charge in [0.05, 0.1) is 12.7 Å². The van der Waals surface area contributed by atoms with Gasteiger partial charge in [-0.05, 0) is 42.0 Å². The predicted octanol–water partition coefficient (Wildman–Crippen LogP) is 3.26. The third-order valence-electron chi connectivity index (χ3n) is 2.85. The number of benzene rings is 2. The number of rotatable bonds is 4. The molecule has 112 valence electrons. The van der Waals surface area contributed by atoms with E-state index in [9.17, 15) is 14.0 Å². The van der Waals surface area contributed by atoms with E-state index < -0.39 is 5.97 Å². The van der Waals surface area contributed by atoms with E-state index in [-0.39, 0.29) is 11.7 Å². The van der Waals surface area contributed by atoms with E-state index >= 15 is 0 Å². The van der Waals surface area contributed by atoms with Crippen LogP contribution in [0.1, 0.15) is 15.9 Å². The molecule has 0 radical (unpaired) electrons. The van der Waals surface area contributed by atoms with E-state index in [1.54, 1.807) is 36.4 Å². The van der Waals surface area contributed by atoms with Crippen molar-refractivity contribution in [2.75, 3.05) is 12.4 Å². The Bertz CT molecular complexity index is 708. The van der Waals surface area contributed by atoms with Gasteiger partial charge in [0.15, 0.2) is 0 Å². The lowest BCUT2D eigenvalue weighted by Gasteiger charge is -2.04. The predicted molar refractivity (Wildman–Crippen MR) is 81.8 cm³/mol. The smallest absolute Gasteiger partial charge is 0.337 e. The third-order valence-corrected chi connectivity index (χ3v) is 2.85. The second-order valence-corrected chi connectivity index (χ2v) is 4.45. The van der Waals surface area contributed by atoms with Gasteiger partial charge in [0.2, 0.25) is 5.91 Å². The molecule has 0 spiro atoms. The molecule has 0 saturated heterocycles. The van der Waals surface area contributed by atoms with Crippen LogP contribution in [0.25, 0.3) is 6.08 Å². The minimum absolute atomic E-state index is 0.332. The molecule has 0 aliphatic carbocycles. The molecule has 0 aliphatic rings. The van der Waals surface area contributed by atoms with E-state index in [1.165, 1.54) is 31.4 Å². The first kappa shape index (κ1) is 15.4. The molecule has 2 rings (SSSR count). The Morgan fingerprint density at radius 2 is 1.86 bits per heavy atom. The van der Waals surface area contributed by atoms with Gasteiger partial charge in [0, 0.05) is 11.8 Å². The van der Waals surface area contributed by atoms with Crippen LogP contribution in [0.3, 0.4) is 0 Å². The molecule has 0 saturated carbocycles. The zero-order chi connectivity index (χ0) is 15.9. The Labute approximate surface area is 127 Å². The van der Waals surface area contributed by atoms with Crippen molar-refractivity contribution in [3.05, 3.63) is 71.6 Å². The largest absolute Gasteiger partial charge is 0.465 e. The zero-order valence-corrected chi connectivity index (χ0v) is 11.9. The Balaban J connectivity index is 2.02. The lowest BCUT2D eigenvalue weighted by atomic mass is 10.2. The maximum absolute atomic E-state index is 12.8. The van der Waals surface area contributed by atoms with Gasteiger partial charge in [0.25, 0.3) is 0 Å². The average molecular weight is 299 g/mol. The monoisotopic (exact) mass is 299 g/mol. The van der Waals surface area contributed by atoms with Crippen LogP contribution in [0.2, 0.25) is 0 Å². The molecule has 0 aromatic heterocycles. The first-order valence-electron chi connectivity index (χ1n) is 6.51. The van der Waals surface area contributed by atoms with E-state index in [1.807, 2.05) is 0 Å². The van der Waals surface area contributed by atoms with Crippen LogP contribution < -0.4 is 5.32 Å². The van der Waals surface area contributed by atoms with Crippen molar-refractivity contribution < 1.29 is 18.7 Å². The number of ether oxygens (including phenoxy) is 1. The fourth-order valence-corrected chi connectivity index (χ4v) is 1.77. The summed E-state index contributed by atoms with van der Waals surface area (Å²) in [6.45, 7) is 0. The number of hydrogen-bond donors (Lipinski definition) is 1. The van der Waals surface area contributed by atoms with Gasteiger partial charge in [0.1, 0.15) is 5.82 Å². The van der Waals surface area contributed by atoms with Gasteiger partial charge in [-0.1, -0.05) is 18.2 Å². The molecule has 0 aliphatic heterocycles. The number of hydrogen-bond acceptors (Lipinski definition) is 3. The maximum Gasteiger partial charge on any atom is 0.337 e. The molecule has 2 aromatic carbocycles. The Hall–Kier alpha value is -2.95. The van der Waals surface area contributed by atoms with Crippen LogP contribution in [-0.4, -0.2) is 19.0 Å². The highest BCUT2D eigenvalue weighted by atomic mass is 19.1. The molecule has 4 nitrogen and oxygen atoms in total. The highest BCUT2D eigenvalue weighted by Gasteiger charge is 2.06. The van der Waals surface area contributed by atoms with Crippen LogP contribution in [0, 0.1) is 5.82 Å². The van der Waals surface area contributed by atoms with E-state index in [0.717, 1.165) is 0 Å². The number of amides is 1. The molecule has 0 bridgehead atoms. The van der Waals surface area contributed by atoms with Gasteiger partial charge >= 0.3 is 5.97 Å². The van der Waals surface area contributed by atoms with Crippen molar-refractivity contribution in [2.24, 2.45) is 0 Å². The molecule has 0 atom stereocenters. The quantitative estimate of drug-likeness (QED) is 0.696. The first-order valence-corrected chi connectivity index (χ1v) is 6.51. The molecule has 5 heteroatoms. The Morgan fingerprint density at radius 3 is 2.55 bits per heavy atom. The number of carbonyl (C=O) groups excluding carboxylic acids is 2. The van der Waals surface area contributed by atoms with Gasteiger partial charge in [-0.25, -0.2) is 9.18 Å². The molecular formula is C17H14FNO3. The Kier molecular flexibility index (Phi) is 5.03. The SMILES string of the molecule is COC(=O)c1cccc(NC(=O)C=Cc2ccc(F)cc2)c1. The number of halogens is 1. The van der Waals surface area contributed by atoms with E-state index in [0.29, 0.717) is 16.8 Å². The number of esters is 1. The normalized spacial score (nSPS) is 10.5. The number of anilines is 1. The molecule has 0 fully saturated rings. The van der Waals surface area contributed by atoms with Crippen LogP contribution in [0.5, 0.6) is 0 Å². The maximum atomic E-state index is 12.8. The summed E-state index contributed by atoms with van der Waals surface area (Å²) >= 11 is 0. The first-order chi connectivity index (χ1) is 10.6. The molecule has 1 N–H and O–H groups in total. The van der Waals surface area contributed by atoms with Gasteiger partial charge in [-0.15, -0.1) is 0 Å². The topological polar surface area (TPSA) is 55.4 Å². The highest BCUT2D eigenvalue weighted by Crippen LogP contribution is 2.12. The summed E-state index contributed by atoms with van der Waals surface area (Å²) in [4.78, 5) is 23.2. The minimum atomic E-state index is -0.474. The van der Waals surface area contributed by atoms with Crippen molar-refractivity contribution in [3.63, 3.8) is 0 Å². The van der Waals surface area contributed by atoms with E-state index in [2.05, 4.69) is 10.1 Å². The third kappa shape index (κ3) is 4.28. The molecule has 2 aromatic rings. The Morgan fingerprint density at radius 1 is 1.14 bits per heavy atom. The lowest BCUT2D eigenvalue weighted by molar-refractivity contribution is -0.111. The summed E-state index contributed by atoms with van der Waals surface area (Å²) in [5, 5.41) is 2.64. The summed E-state index contributed by atoms with van der Waals surface area (Å²) in [5.74, 6) is -1.16. The minimum Gasteiger partial charge on any atom is -0.465 e. The molecule has 0 unspecified atom stereocenters. The zero-order valence-electron chi connectivity index (χ0n) is 11.9. The number of nitrogens with one attached hydrogen (secondary N) is 1. The number of methoxy groups -OCH3 is 1. The van der Waals surface area contributed by atoms with Crippen molar-refractivity contribution in [2.45, 2.75) is 0 Å². The van der Waals surface area contributed by atoms with Crippen molar-refractivity contribution in [1.82, 2.24) is 0 Å². The van der Waals surface area contributed by atoms with Crippen LogP contribution in [0.4, 0.5) is 10.1 Å². The summed E-state index contributed by atoms with van der Waals surface area (Å²) in [7, 11) is 1.29. The van der Waals surface area contributed by atoms with Gasteiger partial charge < -0.3 is 10.1 Å². The van der Waals surface area contributed by atoms with Crippen LogP contribution >= 0.6 is 0 Å². The van der Waals surface area contributed by atoms with Crippen molar-refractivity contribution >= 4 is 23.6 Å². The summed E-state index contributed by atoms with van der Waals surface area (Å²) in [5.41, 5.74) is 1.54.